The summed E-state index contributed by atoms with van der Waals surface area (Å²) in [5, 5.41) is 3.61. The van der Waals surface area contributed by atoms with E-state index in [1.807, 2.05) is 0 Å². The Kier molecular flexibility index (Phi) is 7.86. The molecule has 1 N–H and O–H groups in total. The van der Waals surface area contributed by atoms with E-state index in [1.165, 1.54) is 24.1 Å². The van der Waals surface area contributed by atoms with Gasteiger partial charge in [0.2, 0.25) is 0 Å². The van der Waals surface area contributed by atoms with Crippen LogP contribution in [-0.4, -0.2) is 31.6 Å². The first-order chi connectivity index (χ1) is 9.56. The van der Waals surface area contributed by atoms with E-state index in [0.29, 0.717) is 6.04 Å². The van der Waals surface area contributed by atoms with Gasteiger partial charge in [-0.05, 0) is 50.0 Å². The molecule has 0 radical (unpaired) electrons. The van der Waals surface area contributed by atoms with Gasteiger partial charge < -0.3 is 10.2 Å². The zero-order valence-corrected chi connectivity index (χ0v) is 13.9. The van der Waals surface area contributed by atoms with E-state index < -0.39 is 0 Å². The second kappa shape index (κ2) is 9.15. The lowest BCUT2D eigenvalue weighted by Gasteiger charge is -2.26. The third kappa shape index (κ3) is 6.06. The normalized spacial score (nSPS) is 13.2. The van der Waals surface area contributed by atoms with Crippen LogP contribution in [0.25, 0.3) is 0 Å². The first-order valence-corrected chi connectivity index (χ1v) is 8.07. The average Bonchev–Trinajstić information content (AvgIpc) is 2.45. The van der Waals surface area contributed by atoms with E-state index in [4.69, 9.17) is 0 Å². The van der Waals surface area contributed by atoms with Gasteiger partial charge in [-0.3, -0.25) is 0 Å². The van der Waals surface area contributed by atoms with Crippen LogP contribution in [0.3, 0.4) is 0 Å². The second-order valence-electron chi connectivity index (χ2n) is 6.15. The fourth-order valence-electron chi connectivity index (χ4n) is 2.40. The number of hydrogen-bond acceptors (Lipinski definition) is 2. The molecule has 0 saturated heterocycles. The maximum atomic E-state index is 3.61. The molecule has 1 aromatic carbocycles. The van der Waals surface area contributed by atoms with Crippen molar-refractivity contribution >= 4 is 0 Å². The number of hydrogen-bond donors (Lipinski definition) is 1. The maximum absolute atomic E-state index is 3.61. The highest BCUT2D eigenvalue weighted by Crippen LogP contribution is 2.16. The Bertz CT molecular complexity index is 356. The molecule has 0 aliphatic carbocycles. The summed E-state index contributed by atoms with van der Waals surface area (Å²) in [6, 6.07) is 9.51. The lowest BCUT2D eigenvalue weighted by atomic mass is 10.0. The Morgan fingerprint density at radius 1 is 1.10 bits per heavy atom. The first-order valence-electron chi connectivity index (χ1n) is 8.07. The van der Waals surface area contributed by atoms with Gasteiger partial charge in [-0.25, -0.2) is 0 Å². The molecule has 0 saturated carbocycles. The Balaban J connectivity index is 2.62. The quantitative estimate of drug-likeness (QED) is 0.736. The summed E-state index contributed by atoms with van der Waals surface area (Å²) >= 11 is 0. The molecule has 0 spiro atoms. The third-order valence-corrected chi connectivity index (χ3v) is 3.82. The van der Waals surface area contributed by atoms with Gasteiger partial charge in [0, 0.05) is 12.6 Å². The van der Waals surface area contributed by atoms with Crippen molar-refractivity contribution in [2.75, 3.05) is 26.7 Å². The predicted molar refractivity (Wildman–Crippen MR) is 89.2 cm³/mol. The molecule has 1 aromatic rings. The smallest absolute Gasteiger partial charge is 0.0449 e. The maximum Gasteiger partial charge on any atom is 0.0449 e. The Morgan fingerprint density at radius 3 is 2.25 bits per heavy atom. The van der Waals surface area contributed by atoms with Crippen LogP contribution in [0.15, 0.2) is 24.3 Å². The predicted octanol–water partition coefficient (Wildman–Crippen LogP) is 3.88. The number of aryl methyl sites for hydroxylation is 1. The number of likely N-dealkylation sites (N-methyl/N-ethyl adjacent to an activating group) is 2. The number of nitrogens with zero attached hydrogens (tertiary/aromatic N) is 1. The van der Waals surface area contributed by atoms with E-state index in [0.717, 1.165) is 25.4 Å². The van der Waals surface area contributed by atoms with E-state index in [2.05, 4.69) is 69.2 Å². The molecule has 0 aromatic heterocycles. The molecule has 1 unspecified atom stereocenters. The number of rotatable bonds is 9. The zero-order chi connectivity index (χ0) is 15.0. The van der Waals surface area contributed by atoms with Gasteiger partial charge in [-0.15, -0.1) is 0 Å². The Morgan fingerprint density at radius 2 is 1.75 bits per heavy atom. The van der Waals surface area contributed by atoms with Crippen molar-refractivity contribution in [1.82, 2.24) is 10.2 Å². The van der Waals surface area contributed by atoms with Gasteiger partial charge in [0.25, 0.3) is 0 Å². The van der Waals surface area contributed by atoms with Crippen LogP contribution in [0, 0.1) is 5.92 Å². The fourth-order valence-corrected chi connectivity index (χ4v) is 2.40. The highest BCUT2D eigenvalue weighted by atomic mass is 15.1. The molecule has 0 aliphatic heterocycles. The summed E-state index contributed by atoms with van der Waals surface area (Å²) in [5.41, 5.74) is 2.82. The van der Waals surface area contributed by atoms with Crippen molar-refractivity contribution in [2.24, 2.45) is 5.92 Å². The van der Waals surface area contributed by atoms with Crippen molar-refractivity contribution in [3.63, 3.8) is 0 Å². The van der Waals surface area contributed by atoms with Gasteiger partial charge in [0.15, 0.2) is 0 Å². The first kappa shape index (κ1) is 17.2. The molecule has 1 atom stereocenters. The van der Waals surface area contributed by atoms with Gasteiger partial charge in [-0.2, -0.15) is 0 Å². The summed E-state index contributed by atoms with van der Waals surface area (Å²) in [5.74, 6) is 0.777. The molecule has 2 nitrogen and oxygen atoms in total. The molecule has 0 bridgehead atoms. The second-order valence-corrected chi connectivity index (χ2v) is 6.15. The molecule has 1 rings (SSSR count). The summed E-state index contributed by atoms with van der Waals surface area (Å²) in [4.78, 5) is 2.45. The number of nitrogens with one attached hydrogen (secondary N) is 1. The minimum absolute atomic E-state index is 0.433. The summed E-state index contributed by atoms with van der Waals surface area (Å²) < 4.78 is 0. The summed E-state index contributed by atoms with van der Waals surface area (Å²) in [6.07, 6.45) is 2.38. The van der Waals surface area contributed by atoms with Crippen molar-refractivity contribution in [2.45, 2.75) is 46.6 Å². The van der Waals surface area contributed by atoms with Crippen molar-refractivity contribution in [3.05, 3.63) is 35.4 Å². The van der Waals surface area contributed by atoms with Crippen LogP contribution in [-0.2, 0) is 6.42 Å². The van der Waals surface area contributed by atoms with Gasteiger partial charge in [-0.1, -0.05) is 52.0 Å². The van der Waals surface area contributed by atoms with Crippen LogP contribution < -0.4 is 5.32 Å². The van der Waals surface area contributed by atoms with E-state index in [9.17, 15) is 0 Å². The van der Waals surface area contributed by atoms with Crippen molar-refractivity contribution in [3.8, 4) is 0 Å². The topological polar surface area (TPSA) is 15.3 Å². The molecule has 0 aliphatic rings. The molecular formula is C18H32N2. The lowest BCUT2D eigenvalue weighted by molar-refractivity contribution is 0.276. The molecule has 0 fully saturated rings. The largest absolute Gasteiger partial charge is 0.309 e. The third-order valence-electron chi connectivity index (χ3n) is 3.82. The lowest BCUT2D eigenvalue weighted by Crippen LogP contribution is -2.33. The van der Waals surface area contributed by atoms with Crippen LogP contribution in [0.5, 0.6) is 0 Å². The molecule has 0 amide bonds. The van der Waals surface area contributed by atoms with Crippen LogP contribution in [0.4, 0.5) is 0 Å². The highest BCUT2D eigenvalue weighted by molar-refractivity contribution is 5.25. The van der Waals surface area contributed by atoms with E-state index in [1.54, 1.807) is 0 Å². The van der Waals surface area contributed by atoms with Crippen LogP contribution in [0.1, 0.15) is 51.3 Å². The Labute approximate surface area is 125 Å². The molecule has 0 heterocycles. The standard InChI is InChI=1S/C18H32N2/c1-6-16-8-10-17(11-9-16)18(19-7-2)14-20(5)13-12-15(3)4/h8-11,15,18-19H,6-7,12-14H2,1-5H3. The van der Waals surface area contributed by atoms with E-state index >= 15 is 0 Å². The minimum atomic E-state index is 0.433. The molecular weight excluding hydrogens is 244 g/mol. The van der Waals surface area contributed by atoms with Crippen molar-refractivity contribution < 1.29 is 0 Å². The highest BCUT2D eigenvalue weighted by Gasteiger charge is 2.13. The monoisotopic (exact) mass is 276 g/mol. The molecule has 114 valence electrons. The molecule has 20 heavy (non-hydrogen) atoms. The SMILES string of the molecule is CCNC(CN(C)CCC(C)C)c1ccc(CC)cc1. The van der Waals surface area contributed by atoms with Gasteiger partial charge >= 0.3 is 0 Å². The van der Waals surface area contributed by atoms with Crippen LogP contribution in [0.2, 0.25) is 0 Å². The number of benzene rings is 1. The fraction of sp³-hybridized carbons (Fsp3) is 0.667. The van der Waals surface area contributed by atoms with E-state index in [-0.39, 0.29) is 0 Å². The van der Waals surface area contributed by atoms with Gasteiger partial charge in [0.1, 0.15) is 0 Å². The molecule has 2 heteroatoms. The summed E-state index contributed by atoms with van der Waals surface area (Å²) in [7, 11) is 2.23. The summed E-state index contributed by atoms with van der Waals surface area (Å²) in [6.45, 7) is 12.2. The minimum Gasteiger partial charge on any atom is -0.309 e. The average molecular weight is 276 g/mol. The van der Waals surface area contributed by atoms with Gasteiger partial charge in [0.05, 0.1) is 0 Å². The Hall–Kier alpha value is -0.860. The van der Waals surface area contributed by atoms with Crippen molar-refractivity contribution in [1.29, 1.82) is 0 Å². The zero-order valence-electron chi connectivity index (χ0n) is 13.9. The van der Waals surface area contributed by atoms with Crippen LogP contribution >= 0.6 is 0 Å².